The topological polar surface area (TPSA) is 29.5 Å². The van der Waals surface area contributed by atoms with Crippen LogP contribution in [0.5, 0.6) is 5.75 Å². The largest absolute Gasteiger partial charge is 0.496 e. The summed E-state index contributed by atoms with van der Waals surface area (Å²) < 4.78 is 5.45. The number of benzene rings is 1. The van der Waals surface area contributed by atoms with E-state index in [9.17, 15) is 5.11 Å². The molecule has 1 aliphatic heterocycles. The Kier molecular flexibility index (Phi) is 3.41. The van der Waals surface area contributed by atoms with Gasteiger partial charge in [-0.25, -0.2) is 0 Å². The van der Waals surface area contributed by atoms with Crippen LogP contribution in [0, 0.1) is 13.8 Å². The van der Waals surface area contributed by atoms with Crippen LogP contribution in [0.25, 0.3) is 0 Å². The highest BCUT2D eigenvalue weighted by atomic mass is 32.2. The smallest absolute Gasteiger partial charge is 0.125 e. The number of methoxy groups -OCH3 is 1. The Hall–Kier alpha value is -0.670. The summed E-state index contributed by atoms with van der Waals surface area (Å²) in [6.07, 6.45) is 0.803. The molecule has 2 rings (SSSR count). The van der Waals surface area contributed by atoms with Gasteiger partial charge in [0, 0.05) is 16.6 Å². The third-order valence-electron chi connectivity index (χ3n) is 3.36. The summed E-state index contributed by atoms with van der Waals surface area (Å²) in [5.41, 5.74) is 2.54. The summed E-state index contributed by atoms with van der Waals surface area (Å²) in [5.74, 6) is 1.58. The van der Waals surface area contributed by atoms with E-state index in [0.29, 0.717) is 5.25 Å². The molecule has 0 aromatic heterocycles. The average molecular weight is 252 g/mol. The highest BCUT2D eigenvalue weighted by Gasteiger charge is 2.40. The molecular weight excluding hydrogens is 232 g/mol. The van der Waals surface area contributed by atoms with Gasteiger partial charge < -0.3 is 9.84 Å². The van der Waals surface area contributed by atoms with Crippen molar-refractivity contribution in [1.82, 2.24) is 0 Å². The second-order valence-corrected chi connectivity index (χ2v) is 6.44. The van der Waals surface area contributed by atoms with Crippen LogP contribution in [0.4, 0.5) is 0 Å². The molecule has 0 saturated carbocycles. The minimum atomic E-state index is -0.729. The van der Waals surface area contributed by atoms with Crippen LogP contribution in [0.2, 0.25) is 0 Å². The van der Waals surface area contributed by atoms with Crippen molar-refractivity contribution in [3.05, 3.63) is 28.8 Å². The molecule has 1 aromatic carbocycles. The summed E-state index contributed by atoms with van der Waals surface area (Å²) in [4.78, 5) is 0. The maximum Gasteiger partial charge on any atom is 0.125 e. The fourth-order valence-electron chi connectivity index (χ4n) is 2.73. The zero-order chi connectivity index (χ0) is 12.6. The van der Waals surface area contributed by atoms with Crippen LogP contribution in [0.15, 0.2) is 12.1 Å². The summed E-state index contributed by atoms with van der Waals surface area (Å²) in [6.45, 7) is 6.27. The Morgan fingerprint density at radius 3 is 2.65 bits per heavy atom. The maximum absolute atomic E-state index is 10.8. The zero-order valence-corrected chi connectivity index (χ0v) is 11.7. The number of aliphatic hydroxyl groups is 1. The van der Waals surface area contributed by atoms with E-state index in [1.54, 1.807) is 7.11 Å². The molecule has 0 amide bonds. The van der Waals surface area contributed by atoms with Crippen LogP contribution >= 0.6 is 11.8 Å². The molecule has 1 saturated heterocycles. The normalized spacial score (nSPS) is 28.4. The molecular formula is C14H20O2S. The van der Waals surface area contributed by atoms with Gasteiger partial charge in [-0.2, -0.15) is 11.8 Å². The fourth-order valence-corrected chi connectivity index (χ4v) is 3.95. The van der Waals surface area contributed by atoms with Crippen LogP contribution in [-0.2, 0) is 5.60 Å². The van der Waals surface area contributed by atoms with Crippen LogP contribution < -0.4 is 4.74 Å². The van der Waals surface area contributed by atoms with Gasteiger partial charge in [0.05, 0.1) is 7.11 Å². The molecule has 94 valence electrons. The highest BCUT2D eigenvalue weighted by molar-refractivity contribution is 8.00. The van der Waals surface area contributed by atoms with Crippen molar-refractivity contribution in [2.24, 2.45) is 0 Å². The third kappa shape index (κ3) is 2.31. The summed E-state index contributed by atoms with van der Waals surface area (Å²) in [7, 11) is 1.67. The van der Waals surface area contributed by atoms with Gasteiger partial charge in [0.15, 0.2) is 0 Å². The predicted molar refractivity (Wildman–Crippen MR) is 72.9 cm³/mol. The Labute approximate surface area is 107 Å². The number of rotatable bonds is 2. The van der Waals surface area contributed by atoms with Crippen molar-refractivity contribution in [3.8, 4) is 5.75 Å². The van der Waals surface area contributed by atoms with Gasteiger partial charge in [0.25, 0.3) is 0 Å². The molecule has 17 heavy (non-hydrogen) atoms. The number of hydrogen-bond acceptors (Lipinski definition) is 3. The van der Waals surface area contributed by atoms with E-state index in [4.69, 9.17) is 4.74 Å². The van der Waals surface area contributed by atoms with Crippen molar-refractivity contribution in [1.29, 1.82) is 0 Å². The summed E-state index contributed by atoms with van der Waals surface area (Å²) in [6, 6.07) is 4.12. The Bertz CT molecular complexity index is 430. The van der Waals surface area contributed by atoms with Crippen molar-refractivity contribution in [2.75, 3.05) is 12.9 Å². The molecule has 3 heteroatoms. The number of aryl methyl sites for hydroxylation is 2. The Balaban J connectivity index is 2.51. The van der Waals surface area contributed by atoms with E-state index in [-0.39, 0.29) is 0 Å². The lowest BCUT2D eigenvalue weighted by molar-refractivity contribution is 0.0578. The second kappa shape index (κ2) is 4.54. The van der Waals surface area contributed by atoms with Crippen LogP contribution in [-0.4, -0.2) is 23.2 Å². The fraction of sp³-hybridized carbons (Fsp3) is 0.571. The van der Waals surface area contributed by atoms with Gasteiger partial charge in [-0.15, -0.1) is 0 Å². The number of thioether (sulfide) groups is 1. The third-order valence-corrected chi connectivity index (χ3v) is 4.74. The minimum absolute atomic E-state index is 0.505. The van der Waals surface area contributed by atoms with Crippen molar-refractivity contribution >= 4 is 11.8 Å². The molecule has 0 spiro atoms. The molecule has 2 atom stereocenters. The van der Waals surface area contributed by atoms with Crippen LogP contribution in [0.1, 0.15) is 30.0 Å². The van der Waals surface area contributed by atoms with Gasteiger partial charge in [0.2, 0.25) is 0 Å². The van der Waals surface area contributed by atoms with E-state index in [0.717, 1.165) is 29.1 Å². The van der Waals surface area contributed by atoms with E-state index in [1.807, 2.05) is 17.8 Å². The molecule has 0 bridgehead atoms. The van der Waals surface area contributed by atoms with E-state index >= 15 is 0 Å². The monoisotopic (exact) mass is 252 g/mol. The van der Waals surface area contributed by atoms with Gasteiger partial charge in [0.1, 0.15) is 11.4 Å². The standard InChI is InChI=1S/C14H20O2S/c1-9-5-10(2)13(12(6-9)16-4)14(15)7-11(3)17-8-14/h5-6,11,15H,7-8H2,1-4H3. The number of ether oxygens (including phenoxy) is 1. The van der Waals surface area contributed by atoms with Gasteiger partial charge in [-0.1, -0.05) is 13.0 Å². The quantitative estimate of drug-likeness (QED) is 0.877. The lowest BCUT2D eigenvalue weighted by atomic mass is 9.86. The molecule has 1 aliphatic rings. The minimum Gasteiger partial charge on any atom is -0.496 e. The molecule has 0 aliphatic carbocycles. The van der Waals surface area contributed by atoms with Crippen molar-refractivity contribution in [3.63, 3.8) is 0 Å². The predicted octanol–water partition coefficient (Wildman–Crippen LogP) is 3.03. The summed E-state index contributed by atoms with van der Waals surface area (Å²) >= 11 is 1.83. The zero-order valence-electron chi connectivity index (χ0n) is 10.9. The molecule has 0 radical (unpaired) electrons. The first-order valence-corrected chi connectivity index (χ1v) is 7.01. The maximum atomic E-state index is 10.8. The second-order valence-electron chi connectivity index (χ2n) is 5.02. The van der Waals surface area contributed by atoms with E-state index < -0.39 is 5.60 Å². The van der Waals surface area contributed by atoms with E-state index in [1.165, 1.54) is 5.56 Å². The van der Waals surface area contributed by atoms with Crippen molar-refractivity contribution < 1.29 is 9.84 Å². The van der Waals surface area contributed by atoms with Gasteiger partial charge in [-0.05, 0) is 37.5 Å². The first kappa shape index (κ1) is 12.8. The average Bonchev–Trinajstić information content (AvgIpc) is 2.57. The molecule has 1 heterocycles. The highest BCUT2D eigenvalue weighted by Crippen LogP contribution is 2.45. The number of hydrogen-bond donors (Lipinski definition) is 1. The Morgan fingerprint density at radius 1 is 1.41 bits per heavy atom. The van der Waals surface area contributed by atoms with Gasteiger partial charge in [-0.3, -0.25) is 0 Å². The summed E-state index contributed by atoms with van der Waals surface area (Å²) in [5, 5.41) is 11.3. The molecule has 2 unspecified atom stereocenters. The SMILES string of the molecule is COc1cc(C)cc(C)c1C1(O)CSC(C)C1. The van der Waals surface area contributed by atoms with Crippen LogP contribution in [0.3, 0.4) is 0 Å². The van der Waals surface area contributed by atoms with Gasteiger partial charge >= 0.3 is 0 Å². The first-order valence-electron chi connectivity index (χ1n) is 5.96. The molecule has 1 N–H and O–H groups in total. The van der Waals surface area contributed by atoms with E-state index in [2.05, 4.69) is 26.8 Å². The molecule has 1 aromatic rings. The molecule has 2 nitrogen and oxygen atoms in total. The Morgan fingerprint density at radius 2 is 2.12 bits per heavy atom. The molecule has 1 fully saturated rings. The lowest BCUT2D eigenvalue weighted by Gasteiger charge is -2.27. The first-order chi connectivity index (χ1) is 7.96. The lowest BCUT2D eigenvalue weighted by Crippen LogP contribution is -2.27. The van der Waals surface area contributed by atoms with Crippen molar-refractivity contribution in [2.45, 2.75) is 38.0 Å².